The molecule has 1 saturated carbocycles. The molecule has 6 aromatic carbocycles. The van der Waals surface area contributed by atoms with Gasteiger partial charge in [-0.3, -0.25) is 0 Å². The largest absolute Gasteiger partial charge is 0.425 e. The SMILES string of the molecule is CC.CC.CC.CC(C)(C)C(C)(C)OB(c1ccc2c(c1)c1cc(-c3ccc4c(c3)c3ccccc3n4-c3ccccc3)ccc1n2-c1ccccc1)C1CC1. The Morgan fingerprint density at radius 2 is 0.875 bits per heavy atom. The number of hydrogen-bond donors (Lipinski definition) is 0. The van der Waals surface area contributed by atoms with Crippen LogP contribution in [0.2, 0.25) is 5.82 Å². The van der Waals surface area contributed by atoms with Gasteiger partial charge in [-0.1, -0.05) is 154 Å². The zero-order valence-corrected chi connectivity index (χ0v) is 35.7. The molecule has 0 radical (unpaired) electrons. The summed E-state index contributed by atoms with van der Waals surface area (Å²) in [6, 6.07) is 51.2. The first-order chi connectivity index (χ1) is 27.2. The Morgan fingerprint density at radius 1 is 0.464 bits per heavy atom. The van der Waals surface area contributed by atoms with Gasteiger partial charge in [-0.25, -0.2) is 0 Å². The third kappa shape index (κ3) is 7.57. The third-order valence-corrected chi connectivity index (χ3v) is 11.4. The predicted octanol–water partition coefficient (Wildman–Crippen LogP) is 14.8. The Hall–Kier alpha value is -5.06. The molecule has 0 amide bonds. The van der Waals surface area contributed by atoms with Crippen LogP contribution in [0.3, 0.4) is 0 Å². The minimum Gasteiger partial charge on any atom is -0.425 e. The number of nitrogens with zero attached hydrogens (tertiary/aromatic N) is 2. The van der Waals surface area contributed by atoms with Gasteiger partial charge < -0.3 is 13.8 Å². The molecular weight excluding hydrogens is 679 g/mol. The number of hydrogen-bond acceptors (Lipinski definition) is 1. The normalized spacial score (nSPS) is 12.8. The molecule has 0 saturated heterocycles. The Balaban J connectivity index is 0.000000847. The molecule has 56 heavy (non-hydrogen) atoms. The van der Waals surface area contributed by atoms with Crippen molar-refractivity contribution in [2.24, 2.45) is 5.41 Å². The zero-order chi connectivity index (χ0) is 40.2. The molecule has 8 aromatic rings. The Morgan fingerprint density at radius 3 is 1.36 bits per heavy atom. The second-order valence-electron chi connectivity index (χ2n) is 15.7. The van der Waals surface area contributed by atoms with Crippen LogP contribution in [0.4, 0.5) is 0 Å². The summed E-state index contributed by atoms with van der Waals surface area (Å²) in [7, 11) is 0. The average molecular weight is 741 g/mol. The van der Waals surface area contributed by atoms with Crippen molar-refractivity contribution in [2.45, 2.75) is 100 Å². The predicted molar refractivity (Wildman–Crippen MR) is 248 cm³/mol. The monoisotopic (exact) mass is 740 g/mol. The molecule has 288 valence electrons. The number of rotatable bonds is 7. The molecular formula is C52H61BN2O. The van der Waals surface area contributed by atoms with Gasteiger partial charge in [0.05, 0.1) is 27.7 Å². The summed E-state index contributed by atoms with van der Waals surface area (Å²) in [5.74, 6) is 0.567. The van der Waals surface area contributed by atoms with E-state index in [4.69, 9.17) is 4.65 Å². The lowest BCUT2D eigenvalue weighted by molar-refractivity contribution is -0.000923. The molecule has 3 nitrogen and oxygen atoms in total. The van der Waals surface area contributed by atoms with Gasteiger partial charge in [0.15, 0.2) is 0 Å². The number of para-hydroxylation sites is 3. The Bertz CT molecular complexity index is 2530. The van der Waals surface area contributed by atoms with Gasteiger partial charge in [-0.15, -0.1) is 0 Å². The van der Waals surface area contributed by atoms with Crippen LogP contribution in [0.25, 0.3) is 66.1 Å². The van der Waals surface area contributed by atoms with Gasteiger partial charge in [0.2, 0.25) is 0 Å². The van der Waals surface area contributed by atoms with Gasteiger partial charge in [-0.05, 0) is 102 Å². The zero-order valence-electron chi connectivity index (χ0n) is 35.7. The third-order valence-electron chi connectivity index (χ3n) is 11.4. The molecule has 1 aliphatic carbocycles. The molecule has 1 aliphatic rings. The lowest BCUT2D eigenvalue weighted by Crippen LogP contribution is -2.48. The first-order valence-electron chi connectivity index (χ1n) is 21.1. The summed E-state index contributed by atoms with van der Waals surface area (Å²) >= 11 is 0. The van der Waals surface area contributed by atoms with E-state index < -0.39 is 0 Å². The molecule has 0 bridgehead atoms. The van der Waals surface area contributed by atoms with Crippen LogP contribution in [0.1, 0.15) is 89.0 Å². The van der Waals surface area contributed by atoms with Crippen LogP contribution >= 0.6 is 0 Å². The van der Waals surface area contributed by atoms with Crippen molar-refractivity contribution < 1.29 is 4.65 Å². The fraction of sp³-hybridized carbons (Fsp3) is 0.308. The topological polar surface area (TPSA) is 19.1 Å². The molecule has 0 atom stereocenters. The summed E-state index contributed by atoms with van der Waals surface area (Å²) < 4.78 is 11.9. The molecule has 0 N–H and O–H groups in total. The van der Waals surface area contributed by atoms with Gasteiger partial charge in [0.1, 0.15) is 0 Å². The average Bonchev–Trinajstić information content (AvgIpc) is 3.97. The van der Waals surface area contributed by atoms with E-state index in [1.165, 1.54) is 84.4 Å². The van der Waals surface area contributed by atoms with Gasteiger partial charge >= 0.3 is 6.92 Å². The second-order valence-corrected chi connectivity index (χ2v) is 15.7. The fourth-order valence-corrected chi connectivity index (χ4v) is 7.59. The van der Waals surface area contributed by atoms with Crippen LogP contribution < -0.4 is 5.46 Å². The summed E-state index contributed by atoms with van der Waals surface area (Å²) in [5.41, 5.74) is 10.7. The highest BCUT2D eigenvalue weighted by Crippen LogP contribution is 2.44. The van der Waals surface area contributed by atoms with Crippen molar-refractivity contribution in [1.82, 2.24) is 9.13 Å². The quantitative estimate of drug-likeness (QED) is 0.149. The van der Waals surface area contributed by atoms with Crippen molar-refractivity contribution in [3.63, 3.8) is 0 Å². The van der Waals surface area contributed by atoms with E-state index in [1.54, 1.807) is 0 Å². The number of aromatic nitrogens is 2. The Labute approximate surface area is 336 Å². The van der Waals surface area contributed by atoms with Crippen LogP contribution in [-0.2, 0) is 4.65 Å². The first-order valence-corrected chi connectivity index (χ1v) is 21.1. The smallest absolute Gasteiger partial charge is 0.330 e. The van der Waals surface area contributed by atoms with E-state index in [0.29, 0.717) is 5.82 Å². The van der Waals surface area contributed by atoms with Gasteiger partial charge in [0, 0.05) is 32.9 Å². The molecule has 9 rings (SSSR count). The highest BCUT2D eigenvalue weighted by Gasteiger charge is 2.44. The summed E-state index contributed by atoms with van der Waals surface area (Å²) in [5, 5.41) is 5.07. The van der Waals surface area contributed by atoms with E-state index in [1.807, 2.05) is 41.5 Å². The number of fused-ring (bicyclic) bond motifs is 6. The molecule has 0 spiro atoms. The lowest BCUT2D eigenvalue weighted by atomic mass is 9.55. The number of benzene rings is 6. The van der Waals surface area contributed by atoms with Crippen molar-refractivity contribution in [3.05, 3.63) is 140 Å². The van der Waals surface area contributed by atoms with E-state index in [0.717, 1.165) is 0 Å². The summed E-state index contributed by atoms with van der Waals surface area (Å²) in [4.78, 5) is 0. The van der Waals surface area contributed by atoms with Crippen molar-refractivity contribution in [3.8, 4) is 22.5 Å². The van der Waals surface area contributed by atoms with Crippen molar-refractivity contribution in [2.75, 3.05) is 0 Å². The summed E-state index contributed by atoms with van der Waals surface area (Å²) in [6.07, 6.45) is 2.45. The van der Waals surface area contributed by atoms with Crippen LogP contribution in [0, 0.1) is 5.41 Å². The van der Waals surface area contributed by atoms with Crippen LogP contribution in [0.5, 0.6) is 0 Å². The van der Waals surface area contributed by atoms with E-state index in [9.17, 15) is 0 Å². The molecule has 4 heteroatoms. The highest BCUT2D eigenvalue weighted by atomic mass is 16.5. The maximum atomic E-state index is 7.06. The highest BCUT2D eigenvalue weighted by molar-refractivity contribution is 6.70. The minimum atomic E-state index is -0.261. The molecule has 1 fully saturated rings. The van der Waals surface area contributed by atoms with E-state index in [-0.39, 0.29) is 17.9 Å². The molecule has 2 heterocycles. The van der Waals surface area contributed by atoms with Gasteiger partial charge in [0.25, 0.3) is 0 Å². The molecule has 2 aromatic heterocycles. The maximum absolute atomic E-state index is 7.06. The van der Waals surface area contributed by atoms with E-state index in [2.05, 4.69) is 183 Å². The Kier molecular flexibility index (Phi) is 12.3. The second kappa shape index (κ2) is 17.0. The van der Waals surface area contributed by atoms with Crippen molar-refractivity contribution >= 4 is 56.0 Å². The summed E-state index contributed by atoms with van der Waals surface area (Å²) in [6.45, 7) is 23.4. The molecule has 0 aliphatic heterocycles. The lowest BCUT2D eigenvalue weighted by Gasteiger charge is -2.41. The van der Waals surface area contributed by atoms with Crippen LogP contribution in [-0.4, -0.2) is 21.7 Å². The van der Waals surface area contributed by atoms with Crippen LogP contribution in [0.15, 0.2) is 140 Å². The van der Waals surface area contributed by atoms with Gasteiger partial charge in [-0.2, -0.15) is 0 Å². The fourth-order valence-electron chi connectivity index (χ4n) is 7.59. The molecule has 0 unspecified atom stereocenters. The van der Waals surface area contributed by atoms with E-state index >= 15 is 0 Å². The first kappa shape index (κ1) is 40.6. The standard InChI is InChI=1S/C46H43BN2O.3C2H6/c1-45(2,3)46(4,5)50-47(33-22-23-33)34-24-27-44-40(30-34)39-29-32(21-26-43(39)49(44)36-16-10-7-11-17-36)31-20-25-42-38(28-31)37-18-12-13-19-41(37)48(42)35-14-8-6-9-15-35;3*1-2/h6-21,24-30,33H,22-23H2,1-5H3;3*1-2H3. The maximum Gasteiger partial charge on any atom is 0.330 e. The minimum absolute atomic E-state index is 0.0248. The van der Waals surface area contributed by atoms with Crippen molar-refractivity contribution in [1.29, 1.82) is 0 Å².